The first-order valence-electron chi connectivity index (χ1n) is 5.19. The molecule has 6 heteroatoms. The minimum atomic E-state index is -0.602. The number of nitrogens with one attached hydrogen (secondary N) is 2. The van der Waals surface area contributed by atoms with Gasteiger partial charge in [0.2, 0.25) is 0 Å². The third kappa shape index (κ3) is 4.23. The maximum absolute atomic E-state index is 12.6. The second kappa shape index (κ2) is 7.04. The zero-order valence-corrected chi connectivity index (χ0v) is 9.48. The summed E-state index contributed by atoms with van der Waals surface area (Å²) in [6, 6.07) is 6.92. The smallest absolute Gasteiger partial charge is 0.267 e. The summed E-state index contributed by atoms with van der Waals surface area (Å²) in [5.41, 5.74) is 0.262. The highest BCUT2D eigenvalue weighted by molar-refractivity contribution is 6.06. The van der Waals surface area contributed by atoms with Gasteiger partial charge in [-0.15, -0.1) is 0 Å². The number of amides is 1. The highest BCUT2D eigenvalue weighted by atomic mass is 19.1. The normalized spacial score (nSPS) is 10.6. The van der Waals surface area contributed by atoms with Gasteiger partial charge in [-0.3, -0.25) is 4.79 Å². The molecule has 0 bridgehead atoms. The summed E-state index contributed by atoms with van der Waals surface area (Å²) in [7, 11) is 0. The Labute approximate surface area is 104 Å². The monoisotopic (exact) mass is 249 g/mol. The van der Waals surface area contributed by atoms with Crippen molar-refractivity contribution in [2.24, 2.45) is 0 Å². The van der Waals surface area contributed by atoms with E-state index in [-0.39, 0.29) is 18.7 Å². The van der Waals surface area contributed by atoms with E-state index < -0.39 is 11.7 Å². The van der Waals surface area contributed by atoms with E-state index in [0.717, 1.165) is 0 Å². The van der Waals surface area contributed by atoms with Crippen molar-refractivity contribution in [3.8, 4) is 6.07 Å². The van der Waals surface area contributed by atoms with Crippen LogP contribution in [-0.4, -0.2) is 24.2 Å². The first kappa shape index (κ1) is 13.7. The number of nitrogens with zero attached hydrogens (tertiary/aromatic N) is 1. The largest absolute Gasteiger partial charge is 0.395 e. The van der Waals surface area contributed by atoms with Crippen LogP contribution >= 0.6 is 0 Å². The molecule has 3 N–H and O–H groups in total. The Hall–Kier alpha value is -2.39. The summed E-state index contributed by atoms with van der Waals surface area (Å²) in [5.74, 6) is -1.01. The molecule has 0 aliphatic heterocycles. The third-order valence-corrected chi connectivity index (χ3v) is 1.97. The van der Waals surface area contributed by atoms with Gasteiger partial charge in [-0.1, -0.05) is 0 Å². The minimum absolute atomic E-state index is 0.102. The standard InChI is InChI=1S/C12H12FN3O2/c13-10-1-3-11(4-2-10)16-12(18)9(7-14)8-15-5-6-17/h1-4,8,15,17H,5-6H2,(H,16,18)/b9-8-. The zero-order chi connectivity index (χ0) is 13.4. The van der Waals surface area contributed by atoms with E-state index in [9.17, 15) is 9.18 Å². The Morgan fingerprint density at radius 1 is 1.44 bits per heavy atom. The number of anilines is 1. The van der Waals surface area contributed by atoms with Crippen LogP contribution in [0.3, 0.4) is 0 Å². The molecule has 0 unspecified atom stereocenters. The van der Waals surface area contributed by atoms with Crippen LogP contribution in [0.1, 0.15) is 0 Å². The summed E-state index contributed by atoms with van der Waals surface area (Å²) >= 11 is 0. The molecule has 0 atom stereocenters. The Balaban J connectivity index is 2.66. The van der Waals surface area contributed by atoms with Gasteiger partial charge < -0.3 is 15.7 Å². The first-order valence-corrected chi connectivity index (χ1v) is 5.19. The highest BCUT2D eigenvalue weighted by Gasteiger charge is 2.08. The molecule has 1 aromatic rings. The molecule has 1 rings (SSSR count). The maximum atomic E-state index is 12.6. The van der Waals surface area contributed by atoms with Crippen LogP contribution in [0.2, 0.25) is 0 Å². The molecule has 94 valence electrons. The van der Waals surface area contributed by atoms with Crippen LogP contribution in [0.15, 0.2) is 36.0 Å². The Morgan fingerprint density at radius 3 is 2.67 bits per heavy atom. The van der Waals surface area contributed by atoms with Crippen LogP contribution in [0.5, 0.6) is 0 Å². The number of carbonyl (C=O) groups excluding carboxylic acids is 1. The molecule has 0 saturated carbocycles. The zero-order valence-electron chi connectivity index (χ0n) is 9.48. The van der Waals surface area contributed by atoms with Crippen molar-refractivity contribution in [2.45, 2.75) is 0 Å². The van der Waals surface area contributed by atoms with Gasteiger partial charge in [0, 0.05) is 18.4 Å². The molecule has 1 aromatic carbocycles. The average molecular weight is 249 g/mol. The van der Waals surface area contributed by atoms with E-state index in [1.807, 2.05) is 0 Å². The molecule has 0 radical (unpaired) electrons. The van der Waals surface area contributed by atoms with Gasteiger partial charge in [0.1, 0.15) is 17.5 Å². The third-order valence-electron chi connectivity index (χ3n) is 1.97. The van der Waals surface area contributed by atoms with Crippen LogP contribution in [0.25, 0.3) is 0 Å². The fourth-order valence-corrected chi connectivity index (χ4v) is 1.12. The van der Waals surface area contributed by atoms with Crippen molar-refractivity contribution >= 4 is 11.6 Å². The lowest BCUT2D eigenvalue weighted by Gasteiger charge is -2.04. The van der Waals surface area contributed by atoms with Gasteiger partial charge in [-0.05, 0) is 24.3 Å². The number of hydrogen-bond acceptors (Lipinski definition) is 4. The number of benzene rings is 1. The fraction of sp³-hybridized carbons (Fsp3) is 0.167. The number of aliphatic hydroxyl groups is 1. The van der Waals surface area contributed by atoms with E-state index >= 15 is 0 Å². The molecular weight excluding hydrogens is 237 g/mol. The number of aliphatic hydroxyl groups excluding tert-OH is 1. The summed E-state index contributed by atoms with van der Waals surface area (Å²) in [4.78, 5) is 11.6. The predicted octanol–water partition coefficient (Wildman–Crippen LogP) is 0.754. The van der Waals surface area contributed by atoms with Crippen molar-refractivity contribution in [1.82, 2.24) is 5.32 Å². The Kier molecular flexibility index (Phi) is 5.35. The van der Waals surface area contributed by atoms with E-state index in [1.165, 1.54) is 30.5 Å². The van der Waals surface area contributed by atoms with Crippen molar-refractivity contribution in [2.75, 3.05) is 18.5 Å². The van der Waals surface area contributed by atoms with Crippen molar-refractivity contribution in [3.63, 3.8) is 0 Å². The number of hydrogen-bond donors (Lipinski definition) is 3. The van der Waals surface area contributed by atoms with E-state index in [0.29, 0.717) is 5.69 Å². The number of halogens is 1. The molecule has 0 aliphatic carbocycles. The molecule has 1 amide bonds. The lowest BCUT2D eigenvalue weighted by molar-refractivity contribution is -0.112. The number of carbonyl (C=O) groups is 1. The Bertz CT molecular complexity index is 477. The quantitative estimate of drug-likeness (QED) is 0.408. The summed E-state index contributed by atoms with van der Waals surface area (Å²) in [6.07, 6.45) is 1.22. The van der Waals surface area contributed by atoms with E-state index in [4.69, 9.17) is 10.4 Å². The molecule has 18 heavy (non-hydrogen) atoms. The van der Waals surface area contributed by atoms with Gasteiger partial charge in [0.25, 0.3) is 5.91 Å². The molecule has 0 saturated heterocycles. The molecular formula is C12H12FN3O2. The second-order valence-electron chi connectivity index (χ2n) is 3.31. The van der Waals surface area contributed by atoms with Gasteiger partial charge in [-0.2, -0.15) is 5.26 Å². The SMILES string of the molecule is N#C/C(=C/NCCO)C(=O)Nc1ccc(F)cc1. The lowest BCUT2D eigenvalue weighted by atomic mass is 10.2. The number of rotatable bonds is 5. The Morgan fingerprint density at radius 2 is 2.11 bits per heavy atom. The maximum Gasteiger partial charge on any atom is 0.267 e. The molecule has 0 fully saturated rings. The first-order chi connectivity index (χ1) is 8.67. The summed E-state index contributed by atoms with van der Waals surface area (Å²) < 4.78 is 12.6. The topological polar surface area (TPSA) is 85.2 Å². The minimum Gasteiger partial charge on any atom is -0.395 e. The lowest BCUT2D eigenvalue weighted by Crippen LogP contribution is -2.18. The van der Waals surface area contributed by atoms with Crippen LogP contribution in [0, 0.1) is 17.1 Å². The summed E-state index contributed by atoms with van der Waals surface area (Å²) in [5, 5.41) is 22.4. The van der Waals surface area contributed by atoms with Crippen molar-refractivity contribution in [1.29, 1.82) is 5.26 Å². The highest BCUT2D eigenvalue weighted by Crippen LogP contribution is 2.09. The molecule has 0 aliphatic rings. The van der Waals surface area contributed by atoms with Crippen LogP contribution in [-0.2, 0) is 4.79 Å². The molecule has 0 spiro atoms. The van der Waals surface area contributed by atoms with Crippen molar-refractivity contribution in [3.05, 3.63) is 41.9 Å². The second-order valence-corrected chi connectivity index (χ2v) is 3.31. The van der Waals surface area contributed by atoms with Crippen LogP contribution in [0.4, 0.5) is 10.1 Å². The van der Waals surface area contributed by atoms with Crippen LogP contribution < -0.4 is 10.6 Å². The van der Waals surface area contributed by atoms with E-state index in [2.05, 4.69) is 10.6 Å². The van der Waals surface area contributed by atoms with E-state index in [1.54, 1.807) is 6.07 Å². The van der Waals surface area contributed by atoms with Crippen molar-refractivity contribution < 1.29 is 14.3 Å². The van der Waals surface area contributed by atoms with Gasteiger partial charge in [0.05, 0.1) is 6.61 Å². The van der Waals surface area contributed by atoms with Gasteiger partial charge in [-0.25, -0.2) is 4.39 Å². The average Bonchev–Trinajstić information content (AvgIpc) is 2.37. The fourth-order valence-electron chi connectivity index (χ4n) is 1.12. The molecule has 0 aromatic heterocycles. The number of nitriles is 1. The molecule has 5 nitrogen and oxygen atoms in total. The van der Waals surface area contributed by atoms with Gasteiger partial charge in [0.15, 0.2) is 0 Å². The summed E-state index contributed by atoms with van der Waals surface area (Å²) in [6.45, 7) is 0.143. The predicted molar refractivity (Wildman–Crippen MR) is 63.8 cm³/mol. The molecule has 0 heterocycles. The van der Waals surface area contributed by atoms with Gasteiger partial charge >= 0.3 is 0 Å².